The van der Waals surface area contributed by atoms with Crippen molar-refractivity contribution in [2.75, 3.05) is 19.7 Å². The molecule has 0 bridgehead atoms. The molecule has 2 N–H and O–H groups in total. The van der Waals surface area contributed by atoms with E-state index in [0.29, 0.717) is 24.3 Å². The molecule has 6 nitrogen and oxygen atoms in total. The number of carbonyl (C=O) groups excluding carboxylic acids is 1. The molecule has 1 fully saturated rings. The number of ether oxygens (including phenoxy) is 1. The fourth-order valence-corrected chi connectivity index (χ4v) is 3.62. The van der Waals surface area contributed by atoms with E-state index in [4.69, 9.17) is 4.74 Å². The predicted octanol–water partition coefficient (Wildman–Crippen LogP) is 2.19. The van der Waals surface area contributed by atoms with Gasteiger partial charge in [0.05, 0.1) is 6.07 Å². The number of halogens is 1. The summed E-state index contributed by atoms with van der Waals surface area (Å²) in [5, 5.41) is 17.8. The van der Waals surface area contributed by atoms with Gasteiger partial charge in [-0.15, -0.1) is 11.3 Å². The Morgan fingerprint density at radius 3 is 3.15 bits per heavy atom. The van der Waals surface area contributed by atoms with E-state index in [1.807, 2.05) is 18.4 Å². The number of rotatable bonds is 5. The van der Waals surface area contributed by atoms with Gasteiger partial charge in [0.15, 0.2) is 0 Å². The van der Waals surface area contributed by atoms with Crippen LogP contribution in [0.3, 0.4) is 0 Å². The summed E-state index contributed by atoms with van der Waals surface area (Å²) in [6.45, 7) is 3.58. The highest BCUT2D eigenvalue weighted by Crippen LogP contribution is 2.25. The molecule has 27 heavy (non-hydrogen) atoms. The Labute approximate surface area is 161 Å². The summed E-state index contributed by atoms with van der Waals surface area (Å²) >= 11 is 1.45. The van der Waals surface area contributed by atoms with Gasteiger partial charge < -0.3 is 15.4 Å². The molecule has 1 unspecified atom stereocenters. The van der Waals surface area contributed by atoms with Crippen LogP contribution in [0, 0.1) is 24.1 Å². The van der Waals surface area contributed by atoms with E-state index >= 15 is 0 Å². The van der Waals surface area contributed by atoms with E-state index in [9.17, 15) is 14.4 Å². The number of nitrogens with zero attached hydrogens (tertiary/aromatic N) is 2. The van der Waals surface area contributed by atoms with E-state index in [1.54, 1.807) is 12.1 Å². The lowest BCUT2D eigenvalue weighted by atomic mass is 10.0. The van der Waals surface area contributed by atoms with Crippen molar-refractivity contribution >= 4 is 17.2 Å². The maximum absolute atomic E-state index is 14.5. The fraction of sp³-hybridized carbons (Fsp3) is 0.421. The number of aryl methyl sites for hydroxylation is 1. The third kappa shape index (κ3) is 5.10. The summed E-state index contributed by atoms with van der Waals surface area (Å²) in [5.41, 5.74) is 1.96. The highest BCUT2D eigenvalue weighted by molar-refractivity contribution is 7.13. The molecular formula is C19H21FN4O2S. The van der Waals surface area contributed by atoms with Gasteiger partial charge in [-0.3, -0.25) is 4.79 Å². The molecule has 0 aliphatic carbocycles. The van der Waals surface area contributed by atoms with Gasteiger partial charge >= 0.3 is 0 Å². The van der Waals surface area contributed by atoms with Gasteiger partial charge in [0.25, 0.3) is 5.91 Å². The minimum absolute atomic E-state index is 0.0887. The second kappa shape index (κ2) is 9.04. The van der Waals surface area contributed by atoms with Gasteiger partial charge in [-0.2, -0.15) is 5.26 Å². The molecule has 0 spiro atoms. The topological polar surface area (TPSA) is 87.0 Å². The Kier molecular flexibility index (Phi) is 6.50. The summed E-state index contributed by atoms with van der Waals surface area (Å²) in [6.07, 6.45) is 0.288. The number of amides is 1. The largest absolute Gasteiger partial charge is 0.367 e. The van der Waals surface area contributed by atoms with Gasteiger partial charge in [0.1, 0.15) is 23.0 Å². The molecule has 2 atom stereocenters. The maximum Gasteiger partial charge on any atom is 0.251 e. The second-order valence-electron chi connectivity index (χ2n) is 6.41. The minimum atomic E-state index is -0.827. The maximum atomic E-state index is 14.5. The monoisotopic (exact) mass is 388 g/mol. The van der Waals surface area contributed by atoms with E-state index in [2.05, 4.69) is 15.6 Å². The molecule has 2 heterocycles. The van der Waals surface area contributed by atoms with Gasteiger partial charge in [0.2, 0.25) is 0 Å². The summed E-state index contributed by atoms with van der Waals surface area (Å²) in [7, 11) is 0. The Morgan fingerprint density at radius 1 is 1.59 bits per heavy atom. The first-order chi connectivity index (χ1) is 13.1. The molecule has 1 aromatic heterocycles. The number of benzene rings is 1. The average Bonchev–Trinajstić information content (AvgIpc) is 2.92. The van der Waals surface area contributed by atoms with Crippen LogP contribution in [-0.2, 0) is 16.0 Å². The number of aromatic nitrogens is 1. The Morgan fingerprint density at radius 2 is 2.44 bits per heavy atom. The van der Waals surface area contributed by atoms with Crippen LogP contribution in [0.1, 0.15) is 17.7 Å². The molecule has 2 aromatic rings. The number of hydrogen-bond acceptors (Lipinski definition) is 6. The van der Waals surface area contributed by atoms with Crippen LogP contribution in [0.15, 0.2) is 23.6 Å². The second-order valence-corrected chi connectivity index (χ2v) is 7.27. The summed E-state index contributed by atoms with van der Waals surface area (Å²) in [6, 6.07) is 6.04. The minimum Gasteiger partial charge on any atom is -0.367 e. The number of nitriles is 1. The normalized spacial score (nSPS) is 18.3. The third-order valence-corrected chi connectivity index (χ3v) is 5.26. The lowest BCUT2D eigenvalue weighted by Crippen LogP contribution is -2.46. The Balaban J connectivity index is 1.65. The predicted molar refractivity (Wildman–Crippen MR) is 101 cm³/mol. The SMILES string of the molecule is Cc1csc(-c2ccc(CC(C#N)NC(=O)[C@@H]3CNCCCO3)c(F)c2)n1. The van der Waals surface area contributed by atoms with Crippen molar-refractivity contribution < 1.29 is 13.9 Å². The molecule has 142 valence electrons. The van der Waals surface area contributed by atoms with Crippen LogP contribution in [0.5, 0.6) is 0 Å². The summed E-state index contributed by atoms with van der Waals surface area (Å²) < 4.78 is 20.0. The molecule has 3 rings (SSSR count). The van der Waals surface area contributed by atoms with E-state index < -0.39 is 18.0 Å². The van der Waals surface area contributed by atoms with Crippen LogP contribution < -0.4 is 10.6 Å². The fourth-order valence-electron chi connectivity index (χ4n) is 2.83. The van der Waals surface area contributed by atoms with Crippen molar-refractivity contribution in [2.24, 2.45) is 0 Å². The molecule has 1 amide bonds. The third-order valence-electron chi connectivity index (χ3n) is 4.25. The number of nitrogens with one attached hydrogen (secondary N) is 2. The van der Waals surface area contributed by atoms with Crippen LogP contribution >= 0.6 is 11.3 Å². The average molecular weight is 388 g/mol. The van der Waals surface area contributed by atoms with Crippen molar-refractivity contribution in [2.45, 2.75) is 31.9 Å². The van der Waals surface area contributed by atoms with Gasteiger partial charge in [-0.05, 0) is 31.5 Å². The first kappa shape index (κ1) is 19.4. The van der Waals surface area contributed by atoms with Crippen LogP contribution in [0.25, 0.3) is 10.6 Å². The molecule has 1 saturated heterocycles. The van der Waals surface area contributed by atoms with E-state index in [0.717, 1.165) is 23.7 Å². The molecule has 0 radical (unpaired) electrons. The molecular weight excluding hydrogens is 367 g/mol. The van der Waals surface area contributed by atoms with Crippen LogP contribution in [0.4, 0.5) is 4.39 Å². The first-order valence-electron chi connectivity index (χ1n) is 8.80. The van der Waals surface area contributed by atoms with Crippen molar-refractivity contribution in [3.05, 3.63) is 40.7 Å². The molecule has 1 aliphatic heterocycles. The van der Waals surface area contributed by atoms with E-state index in [1.165, 1.54) is 17.4 Å². The van der Waals surface area contributed by atoms with Crippen molar-refractivity contribution in [1.29, 1.82) is 5.26 Å². The van der Waals surface area contributed by atoms with Gasteiger partial charge in [0, 0.05) is 36.2 Å². The van der Waals surface area contributed by atoms with Crippen LogP contribution in [-0.4, -0.2) is 42.7 Å². The number of hydrogen-bond donors (Lipinski definition) is 2. The van der Waals surface area contributed by atoms with Crippen molar-refractivity contribution in [3.63, 3.8) is 0 Å². The molecule has 8 heteroatoms. The number of carbonyl (C=O) groups is 1. The molecule has 0 saturated carbocycles. The highest BCUT2D eigenvalue weighted by atomic mass is 32.1. The zero-order chi connectivity index (χ0) is 19.2. The highest BCUT2D eigenvalue weighted by Gasteiger charge is 2.24. The summed E-state index contributed by atoms with van der Waals surface area (Å²) in [4.78, 5) is 16.7. The van der Waals surface area contributed by atoms with Gasteiger partial charge in [-0.25, -0.2) is 9.37 Å². The van der Waals surface area contributed by atoms with Crippen molar-refractivity contribution in [1.82, 2.24) is 15.6 Å². The van der Waals surface area contributed by atoms with E-state index in [-0.39, 0.29) is 12.3 Å². The summed E-state index contributed by atoms with van der Waals surface area (Å²) in [5.74, 6) is -0.770. The Hall–Kier alpha value is -2.34. The zero-order valence-electron chi connectivity index (χ0n) is 15.0. The van der Waals surface area contributed by atoms with Crippen molar-refractivity contribution in [3.8, 4) is 16.6 Å². The lowest BCUT2D eigenvalue weighted by molar-refractivity contribution is -0.132. The zero-order valence-corrected chi connectivity index (χ0v) is 15.8. The van der Waals surface area contributed by atoms with Gasteiger partial charge in [-0.1, -0.05) is 12.1 Å². The first-order valence-corrected chi connectivity index (χ1v) is 9.68. The number of thiazole rings is 1. The smallest absolute Gasteiger partial charge is 0.251 e. The standard InChI is InChI=1S/C19H21FN4O2S/c1-12-11-27-19(23-12)14-4-3-13(16(20)8-14)7-15(9-21)24-18(25)17-10-22-5-2-6-26-17/h3-4,8,11,15,17,22H,2,5-7,10H2,1H3,(H,24,25)/t15?,17-/m0/s1. The lowest BCUT2D eigenvalue weighted by Gasteiger charge is -2.18. The molecule has 1 aromatic carbocycles. The van der Waals surface area contributed by atoms with Crippen LogP contribution in [0.2, 0.25) is 0 Å². The quantitative estimate of drug-likeness (QED) is 0.820. The Bertz CT molecular complexity index is 840. The molecule has 1 aliphatic rings.